The largest absolute Gasteiger partial charge is 0.409 e. The van der Waals surface area contributed by atoms with Gasteiger partial charge in [0.1, 0.15) is 5.84 Å². The first-order valence-corrected chi connectivity index (χ1v) is 4.66. The highest BCUT2D eigenvalue weighted by atomic mass is 16.5. The highest BCUT2D eigenvalue weighted by Crippen LogP contribution is 2.47. The van der Waals surface area contributed by atoms with E-state index < -0.39 is 0 Å². The van der Waals surface area contributed by atoms with E-state index in [1.54, 1.807) is 7.11 Å². The van der Waals surface area contributed by atoms with E-state index in [0.717, 1.165) is 13.2 Å². The Morgan fingerprint density at radius 1 is 1.57 bits per heavy atom. The molecule has 0 bridgehead atoms. The number of ether oxygens (including phenoxy) is 2. The Hall–Kier alpha value is -0.810. The van der Waals surface area contributed by atoms with Crippen molar-refractivity contribution in [3.05, 3.63) is 0 Å². The molecule has 1 spiro atoms. The third kappa shape index (κ3) is 2.59. The van der Waals surface area contributed by atoms with E-state index in [9.17, 15) is 0 Å². The minimum absolute atomic E-state index is 0.185. The van der Waals surface area contributed by atoms with Gasteiger partial charge in [0.25, 0.3) is 0 Å². The van der Waals surface area contributed by atoms with Crippen molar-refractivity contribution in [2.24, 2.45) is 16.3 Å². The van der Waals surface area contributed by atoms with Crippen molar-refractivity contribution in [3.63, 3.8) is 0 Å². The summed E-state index contributed by atoms with van der Waals surface area (Å²) in [7, 11) is 1.79. The van der Waals surface area contributed by atoms with Gasteiger partial charge in [-0.3, -0.25) is 0 Å². The zero-order chi connectivity index (χ0) is 10.6. The smallest absolute Gasteiger partial charge is 0.135 e. The predicted molar refractivity (Wildman–Crippen MR) is 52.4 cm³/mol. The number of hydrogen-bond donors (Lipinski definition) is 2. The summed E-state index contributed by atoms with van der Waals surface area (Å²) < 4.78 is 10.3. The molecule has 2 fully saturated rings. The molecule has 0 aromatic rings. The average Bonchev–Trinajstić information content (AvgIpc) is 2.01. The Morgan fingerprint density at radius 2 is 2.07 bits per heavy atom. The lowest BCUT2D eigenvalue weighted by Gasteiger charge is -2.52. The Balaban J connectivity index is 0.000000171. The monoisotopic (exact) mass is 202 g/mol. The summed E-state index contributed by atoms with van der Waals surface area (Å²) in [5.74, 6) is 0.185. The van der Waals surface area contributed by atoms with E-state index >= 15 is 0 Å². The average molecular weight is 202 g/mol. The van der Waals surface area contributed by atoms with Crippen LogP contribution in [0.5, 0.6) is 0 Å². The van der Waals surface area contributed by atoms with Gasteiger partial charge in [-0.25, -0.2) is 0 Å². The lowest BCUT2D eigenvalue weighted by molar-refractivity contribution is -0.203. The molecule has 82 valence electrons. The van der Waals surface area contributed by atoms with Crippen molar-refractivity contribution in [2.75, 3.05) is 20.3 Å². The summed E-state index contributed by atoms with van der Waals surface area (Å²) in [5, 5.41) is 10.2. The van der Waals surface area contributed by atoms with Crippen molar-refractivity contribution in [1.29, 1.82) is 0 Å². The number of amidine groups is 1. The molecule has 2 aliphatic rings. The molecule has 2 rings (SSSR count). The minimum Gasteiger partial charge on any atom is -0.409 e. The lowest BCUT2D eigenvalue weighted by atomic mass is 9.65. The van der Waals surface area contributed by atoms with Crippen LogP contribution in [-0.2, 0) is 9.47 Å². The number of nitrogens with two attached hydrogens (primary N) is 1. The van der Waals surface area contributed by atoms with Crippen LogP contribution in [0.25, 0.3) is 0 Å². The van der Waals surface area contributed by atoms with Gasteiger partial charge in [0.15, 0.2) is 0 Å². The topological polar surface area (TPSA) is 77.1 Å². The van der Waals surface area contributed by atoms with Crippen LogP contribution >= 0.6 is 0 Å². The summed E-state index contributed by atoms with van der Waals surface area (Å²) in [6.07, 6.45) is 2.99. The number of methoxy groups -OCH3 is 1. The first kappa shape index (κ1) is 11.3. The van der Waals surface area contributed by atoms with E-state index in [1.807, 2.05) is 0 Å². The molecule has 14 heavy (non-hydrogen) atoms. The van der Waals surface area contributed by atoms with Crippen LogP contribution in [0.3, 0.4) is 0 Å². The molecule has 5 heteroatoms. The van der Waals surface area contributed by atoms with Crippen LogP contribution < -0.4 is 5.73 Å². The van der Waals surface area contributed by atoms with Crippen molar-refractivity contribution in [1.82, 2.24) is 0 Å². The number of oxime groups is 1. The fourth-order valence-electron chi connectivity index (χ4n) is 1.70. The molecule has 0 aromatic carbocycles. The van der Waals surface area contributed by atoms with E-state index in [1.165, 1.54) is 19.8 Å². The quantitative estimate of drug-likeness (QED) is 0.282. The molecule has 3 N–H and O–H groups in total. The Kier molecular flexibility index (Phi) is 3.71. The Morgan fingerprint density at radius 3 is 2.29 bits per heavy atom. The summed E-state index contributed by atoms with van der Waals surface area (Å²) in [6.45, 7) is 3.46. The van der Waals surface area contributed by atoms with Crippen molar-refractivity contribution in [2.45, 2.75) is 25.9 Å². The second kappa shape index (κ2) is 4.61. The third-order valence-corrected chi connectivity index (χ3v) is 2.63. The number of nitrogens with zero attached hydrogens (tertiary/aromatic N) is 1. The maximum absolute atomic E-state index is 7.61. The molecule has 1 heterocycles. The molecule has 0 aromatic heterocycles. The maximum atomic E-state index is 7.61. The van der Waals surface area contributed by atoms with Gasteiger partial charge in [-0.15, -0.1) is 0 Å². The van der Waals surface area contributed by atoms with Gasteiger partial charge in [-0.05, 0) is 19.8 Å². The molecule has 0 unspecified atom stereocenters. The highest BCUT2D eigenvalue weighted by Gasteiger charge is 2.49. The molecular formula is C9H18N2O3. The van der Waals surface area contributed by atoms with Crippen LogP contribution in [0.1, 0.15) is 19.8 Å². The molecule has 1 saturated carbocycles. The summed E-state index contributed by atoms with van der Waals surface area (Å²) in [6, 6.07) is 0. The first-order valence-electron chi connectivity index (χ1n) is 4.66. The van der Waals surface area contributed by atoms with Gasteiger partial charge in [-0.1, -0.05) is 5.16 Å². The van der Waals surface area contributed by atoms with E-state index in [0.29, 0.717) is 11.5 Å². The Labute approximate surface area is 83.9 Å². The molecule has 1 saturated heterocycles. The molecule has 1 aliphatic heterocycles. The van der Waals surface area contributed by atoms with Crippen LogP contribution in [0, 0.1) is 5.41 Å². The Bertz CT molecular complexity index is 202. The molecule has 0 atom stereocenters. The first-order chi connectivity index (χ1) is 6.62. The fraction of sp³-hybridized carbons (Fsp3) is 0.889. The van der Waals surface area contributed by atoms with Crippen LogP contribution in [0.4, 0.5) is 0 Å². The molecular weight excluding hydrogens is 184 g/mol. The second-order valence-electron chi connectivity index (χ2n) is 4.00. The van der Waals surface area contributed by atoms with Gasteiger partial charge < -0.3 is 20.4 Å². The van der Waals surface area contributed by atoms with Crippen LogP contribution in [0.15, 0.2) is 5.16 Å². The zero-order valence-electron chi connectivity index (χ0n) is 8.69. The van der Waals surface area contributed by atoms with E-state index in [2.05, 4.69) is 5.16 Å². The van der Waals surface area contributed by atoms with Crippen LogP contribution in [0.2, 0.25) is 0 Å². The zero-order valence-corrected chi connectivity index (χ0v) is 8.69. The van der Waals surface area contributed by atoms with Crippen molar-refractivity contribution in [3.8, 4) is 0 Å². The molecule has 1 aliphatic carbocycles. The summed E-state index contributed by atoms with van der Waals surface area (Å²) >= 11 is 0. The SMILES string of the molecule is C/C(N)=N/O.COC1CC2(COC2)C1. The van der Waals surface area contributed by atoms with Gasteiger partial charge in [0.05, 0.1) is 19.3 Å². The molecule has 5 nitrogen and oxygen atoms in total. The summed E-state index contributed by atoms with van der Waals surface area (Å²) in [4.78, 5) is 0. The molecule has 0 radical (unpaired) electrons. The van der Waals surface area contributed by atoms with E-state index in [-0.39, 0.29) is 5.84 Å². The predicted octanol–water partition coefficient (Wildman–Crippen LogP) is 0.564. The van der Waals surface area contributed by atoms with Crippen molar-refractivity contribution < 1.29 is 14.7 Å². The summed E-state index contributed by atoms with van der Waals surface area (Å²) in [5.41, 5.74) is 5.36. The van der Waals surface area contributed by atoms with Crippen LogP contribution in [-0.4, -0.2) is 37.5 Å². The van der Waals surface area contributed by atoms with Gasteiger partial charge in [0.2, 0.25) is 0 Å². The third-order valence-electron chi connectivity index (χ3n) is 2.63. The van der Waals surface area contributed by atoms with Gasteiger partial charge in [0, 0.05) is 12.5 Å². The van der Waals surface area contributed by atoms with Crippen molar-refractivity contribution >= 4 is 5.84 Å². The second-order valence-corrected chi connectivity index (χ2v) is 4.00. The number of rotatable bonds is 1. The highest BCUT2D eigenvalue weighted by molar-refractivity contribution is 5.76. The normalized spacial score (nSPS) is 24.6. The standard InChI is InChI=1S/C7H12O2.C2H6N2O/c1-8-6-2-7(3-6)4-9-5-7;1-2(3)4-5/h6H,2-5H2,1H3;5H,1H3,(H2,3,4). The minimum atomic E-state index is 0.185. The van der Waals surface area contributed by atoms with E-state index in [4.69, 9.17) is 20.4 Å². The lowest BCUT2D eigenvalue weighted by Crippen LogP contribution is -2.54. The van der Waals surface area contributed by atoms with Gasteiger partial charge in [-0.2, -0.15) is 0 Å². The van der Waals surface area contributed by atoms with Gasteiger partial charge >= 0.3 is 0 Å². The number of hydrogen-bond acceptors (Lipinski definition) is 4. The molecule has 0 amide bonds. The fourth-order valence-corrected chi connectivity index (χ4v) is 1.70. The maximum Gasteiger partial charge on any atom is 0.135 e.